The maximum absolute atomic E-state index is 10.9. The summed E-state index contributed by atoms with van der Waals surface area (Å²) in [5, 5.41) is 0. The zero-order chi connectivity index (χ0) is 9.84. The lowest BCUT2D eigenvalue weighted by Crippen LogP contribution is -2.26. The molecule has 1 saturated heterocycles. The van der Waals surface area contributed by atoms with Crippen molar-refractivity contribution in [2.45, 2.75) is 20.3 Å². The molecule has 1 aliphatic heterocycles. The van der Waals surface area contributed by atoms with E-state index in [1.807, 2.05) is 0 Å². The molecule has 0 N–H and O–H groups in total. The fourth-order valence-electron chi connectivity index (χ4n) is 1.49. The van der Waals surface area contributed by atoms with Gasteiger partial charge in [0.2, 0.25) is 5.91 Å². The highest BCUT2D eigenvalue weighted by atomic mass is 16.5. The van der Waals surface area contributed by atoms with Gasteiger partial charge >= 0.3 is 5.97 Å². The summed E-state index contributed by atoms with van der Waals surface area (Å²) < 4.78 is 4.88. The van der Waals surface area contributed by atoms with Gasteiger partial charge in [0, 0.05) is 32.9 Å². The number of carbonyl (C=O) groups is 2. The van der Waals surface area contributed by atoms with Crippen molar-refractivity contribution < 1.29 is 14.3 Å². The van der Waals surface area contributed by atoms with Gasteiger partial charge < -0.3 is 9.64 Å². The molecule has 1 heterocycles. The fourth-order valence-corrected chi connectivity index (χ4v) is 1.49. The Kier molecular flexibility index (Phi) is 3.28. The number of likely N-dealkylation sites (tertiary alicyclic amines) is 1. The summed E-state index contributed by atoms with van der Waals surface area (Å²) >= 11 is 0. The van der Waals surface area contributed by atoms with E-state index in [0.717, 1.165) is 19.5 Å². The molecule has 0 aromatic carbocycles. The quantitative estimate of drug-likeness (QED) is 0.586. The number of amides is 1. The second kappa shape index (κ2) is 4.25. The van der Waals surface area contributed by atoms with Gasteiger partial charge in [0.05, 0.1) is 6.61 Å². The Morgan fingerprint density at radius 1 is 1.46 bits per heavy atom. The SMILES string of the molecule is CC(=O)OCC1CCN(C(C)=O)C1. The van der Waals surface area contributed by atoms with Crippen molar-refractivity contribution in [2.75, 3.05) is 19.7 Å². The topological polar surface area (TPSA) is 46.6 Å². The molecule has 74 valence electrons. The van der Waals surface area contributed by atoms with Crippen LogP contribution in [0.2, 0.25) is 0 Å². The van der Waals surface area contributed by atoms with Gasteiger partial charge in [-0.05, 0) is 6.42 Å². The molecular formula is C9H15NO3. The highest BCUT2D eigenvalue weighted by Gasteiger charge is 2.24. The normalized spacial score (nSPS) is 21.7. The zero-order valence-corrected chi connectivity index (χ0v) is 8.08. The number of hydrogen-bond acceptors (Lipinski definition) is 3. The first-order valence-electron chi connectivity index (χ1n) is 4.48. The van der Waals surface area contributed by atoms with E-state index in [9.17, 15) is 9.59 Å². The van der Waals surface area contributed by atoms with Crippen molar-refractivity contribution >= 4 is 11.9 Å². The molecule has 0 bridgehead atoms. The molecule has 13 heavy (non-hydrogen) atoms. The zero-order valence-electron chi connectivity index (χ0n) is 8.08. The minimum atomic E-state index is -0.249. The lowest BCUT2D eigenvalue weighted by molar-refractivity contribution is -0.142. The Bertz CT molecular complexity index is 215. The number of hydrogen-bond donors (Lipinski definition) is 0. The van der Waals surface area contributed by atoms with E-state index < -0.39 is 0 Å². The molecule has 0 radical (unpaired) electrons. The van der Waals surface area contributed by atoms with Crippen LogP contribution < -0.4 is 0 Å². The Hall–Kier alpha value is -1.06. The summed E-state index contributed by atoms with van der Waals surface area (Å²) in [5.41, 5.74) is 0. The van der Waals surface area contributed by atoms with Crippen LogP contribution in [-0.2, 0) is 14.3 Å². The summed E-state index contributed by atoms with van der Waals surface area (Å²) in [6.45, 7) is 4.93. The molecular weight excluding hydrogens is 170 g/mol. The molecule has 1 aliphatic rings. The van der Waals surface area contributed by atoms with E-state index in [1.165, 1.54) is 6.92 Å². The fraction of sp³-hybridized carbons (Fsp3) is 0.778. The predicted molar refractivity (Wildman–Crippen MR) is 47.0 cm³/mol. The van der Waals surface area contributed by atoms with Gasteiger partial charge in [-0.1, -0.05) is 0 Å². The molecule has 0 saturated carbocycles. The van der Waals surface area contributed by atoms with Gasteiger partial charge in [-0.3, -0.25) is 9.59 Å². The van der Waals surface area contributed by atoms with E-state index in [0.29, 0.717) is 12.5 Å². The summed E-state index contributed by atoms with van der Waals surface area (Å²) in [6, 6.07) is 0. The van der Waals surface area contributed by atoms with Crippen molar-refractivity contribution in [3.63, 3.8) is 0 Å². The number of carbonyl (C=O) groups excluding carboxylic acids is 2. The molecule has 1 fully saturated rings. The van der Waals surface area contributed by atoms with Gasteiger partial charge in [0.15, 0.2) is 0 Å². The Balaban J connectivity index is 2.25. The monoisotopic (exact) mass is 185 g/mol. The highest BCUT2D eigenvalue weighted by Crippen LogP contribution is 2.16. The standard InChI is InChI=1S/C9H15NO3/c1-7(11)10-4-3-9(5-10)6-13-8(2)12/h9H,3-6H2,1-2H3. The van der Waals surface area contributed by atoms with Crippen LogP contribution in [0.4, 0.5) is 0 Å². The summed E-state index contributed by atoms with van der Waals surface area (Å²) in [7, 11) is 0. The second-order valence-electron chi connectivity index (χ2n) is 3.42. The van der Waals surface area contributed by atoms with E-state index >= 15 is 0 Å². The van der Waals surface area contributed by atoms with Gasteiger partial charge in [0.1, 0.15) is 0 Å². The maximum atomic E-state index is 10.9. The van der Waals surface area contributed by atoms with Crippen molar-refractivity contribution in [3.05, 3.63) is 0 Å². The molecule has 0 aromatic rings. The third-order valence-corrected chi connectivity index (χ3v) is 2.25. The van der Waals surface area contributed by atoms with Crippen LogP contribution in [0.1, 0.15) is 20.3 Å². The molecule has 4 nitrogen and oxygen atoms in total. The van der Waals surface area contributed by atoms with Crippen LogP contribution in [0, 0.1) is 5.92 Å². The third kappa shape index (κ3) is 3.05. The van der Waals surface area contributed by atoms with Crippen LogP contribution in [0.25, 0.3) is 0 Å². The number of ether oxygens (including phenoxy) is 1. The molecule has 1 rings (SSSR count). The van der Waals surface area contributed by atoms with E-state index in [1.54, 1.807) is 11.8 Å². The molecule has 1 amide bonds. The number of rotatable bonds is 2. The Morgan fingerprint density at radius 3 is 2.62 bits per heavy atom. The lowest BCUT2D eigenvalue weighted by atomic mass is 10.1. The van der Waals surface area contributed by atoms with Gasteiger partial charge in [-0.15, -0.1) is 0 Å². The smallest absolute Gasteiger partial charge is 0.302 e. The van der Waals surface area contributed by atoms with Crippen LogP contribution in [-0.4, -0.2) is 36.5 Å². The van der Waals surface area contributed by atoms with E-state index in [-0.39, 0.29) is 11.9 Å². The molecule has 0 spiro atoms. The first-order chi connectivity index (χ1) is 6.09. The first-order valence-corrected chi connectivity index (χ1v) is 4.48. The van der Waals surface area contributed by atoms with Crippen molar-refractivity contribution in [3.8, 4) is 0 Å². The Labute approximate surface area is 77.8 Å². The largest absolute Gasteiger partial charge is 0.466 e. The minimum absolute atomic E-state index is 0.102. The molecule has 1 unspecified atom stereocenters. The summed E-state index contributed by atoms with van der Waals surface area (Å²) in [6.07, 6.45) is 0.937. The van der Waals surface area contributed by atoms with Crippen molar-refractivity contribution in [2.24, 2.45) is 5.92 Å². The van der Waals surface area contributed by atoms with Gasteiger partial charge in [0.25, 0.3) is 0 Å². The van der Waals surface area contributed by atoms with Crippen LogP contribution >= 0.6 is 0 Å². The number of nitrogens with zero attached hydrogens (tertiary/aromatic N) is 1. The summed E-state index contributed by atoms with van der Waals surface area (Å²) in [4.78, 5) is 23.2. The van der Waals surface area contributed by atoms with Gasteiger partial charge in [-0.2, -0.15) is 0 Å². The average Bonchev–Trinajstić information content (AvgIpc) is 2.48. The molecule has 0 aromatic heterocycles. The lowest BCUT2D eigenvalue weighted by Gasteiger charge is -2.13. The third-order valence-electron chi connectivity index (χ3n) is 2.25. The maximum Gasteiger partial charge on any atom is 0.302 e. The van der Waals surface area contributed by atoms with E-state index in [2.05, 4.69) is 0 Å². The molecule has 0 aliphatic carbocycles. The Morgan fingerprint density at radius 2 is 2.15 bits per heavy atom. The highest BCUT2D eigenvalue weighted by molar-refractivity contribution is 5.73. The molecule has 1 atom stereocenters. The van der Waals surface area contributed by atoms with Crippen LogP contribution in [0.3, 0.4) is 0 Å². The van der Waals surface area contributed by atoms with Crippen LogP contribution in [0.15, 0.2) is 0 Å². The van der Waals surface area contributed by atoms with Crippen molar-refractivity contribution in [1.29, 1.82) is 0 Å². The summed E-state index contributed by atoms with van der Waals surface area (Å²) in [5.74, 6) is 0.180. The van der Waals surface area contributed by atoms with Crippen LogP contribution in [0.5, 0.6) is 0 Å². The molecule has 4 heteroatoms. The second-order valence-corrected chi connectivity index (χ2v) is 3.42. The van der Waals surface area contributed by atoms with Gasteiger partial charge in [-0.25, -0.2) is 0 Å². The first kappa shape index (κ1) is 10.0. The number of esters is 1. The van der Waals surface area contributed by atoms with Crippen molar-refractivity contribution in [1.82, 2.24) is 4.90 Å². The van der Waals surface area contributed by atoms with E-state index in [4.69, 9.17) is 4.74 Å². The average molecular weight is 185 g/mol. The minimum Gasteiger partial charge on any atom is -0.466 e. The predicted octanol–water partition coefficient (Wildman–Crippen LogP) is 0.418.